The van der Waals surface area contributed by atoms with E-state index >= 15 is 0 Å². The van der Waals surface area contributed by atoms with E-state index in [0.717, 1.165) is 12.8 Å². The summed E-state index contributed by atoms with van der Waals surface area (Å²) in [6.07, 6.45) is 8.08. The van der Waals surface area contributed by atoms with E-state index in [-0.39, 0.29) is 6.03 Å². The summed E-state index contributed by atoms with van der Waals surface area (Å²) in [6.45, 7) is 1.54. The molecular formula is C19H28N2O4. The van der Waals surface area contributed by atoms with Crippen molar-refractivity contribution in [1.29, 1.82) is 0 Å². The van der Waals surface area contributed by atoms with Crippen molar-refractivity contribution in [3.8, 4) is 11.5 Å². The first-order valence-corrected chi connectivity index (χ1v) is 8.75. The highest BCUT2D eigenvalue weighted by Crippen LogP contribution is 2.30. The number of urea groups is 1. The smallest absolute Gasteiger partial charge is 0.319 e. The number of nitrogens with one attached hydrogen (secondary N) is 2. The van der Waals surface area contributed by atoms with Crippen LogP contribution in [-0.4, -0.2) is 40.0 Å². The van der Waals surface area contributed by atoms with Gasteiger partial charge < -0.3 is 24.8 Å². The van der Waals surface area contributed by atoms with Crippen LogP contribution < -0.4 is 20.1 Å². The lowest BCUT2D eigenvalue weighted by molar-refractivity contribution is 0.144. The third-order valence-electron chi connectivity index (χ3n) is 4.08. The molecule has 0 saturated heterocycles. The topological polar surface area (TPSA) is 68.8 Å². The highest BCUT2D eigenvalue weighted by molar-refractivity contribution is 5.89. The van der Waals surface area contributed by atoms with Crippen molar-refractivity contribution < 1.29 is 19.0 Å². The van der Waals surface area contributed by atoms with Crippen molar-refractivity contribution in [3.63, 3.8) is 0 Å². The van der Waals surface area contributed by atoms with E-state index in [1.165, 1.54) is 24.8 Å². The van der Waals surface area contributed by atoms with E-state index in [4.69, 9.17) is 14.2 Å². The largest absolute Gasteiger partial charge is 0.493 e. The van der Waals surface area contributed by atoms with Crippen LogP contribution in [0.3, 0.4) is 0 Å². The Morgan fingerprint density at radius 3 is 2.76 bits per heavy atom. The van der Waals surface area contributed by atoms with Crippen LogP contribution in [0.15, 0.2) is 29.8 Å². The molecule has 1 aliphatic carbocycles. The number of methoxy groups -OCH3 is 2. The predicted octanol–water partition coefficient (Wildman–Crippen LogP) is 3.73. The minimum atomic E-state index is -0.218. The Labute approximate surface area is 149 Å². The second-order valence-corrected chi connectivity index (χ2v) is 5.95. The standard InChI is InChI=1S/C19H28N2O4/c1-23-12-13-25-18-14-16(8-9-17(18)24-2)21-19(22)20-11-10-15-6-4-3-5-7-15/h6,8-9,14H,3-5,7,10-13H2,1-2H3,(H2,20,21,22). The Morgan fingerprint density at radius 1 is 1.16 bits per heavy atom. The lowest BCUT2D eigenvalue weighted by atomic mass is 9.97. The third-order valence-corrected chi connectivity index (χ3v) is 4.08. The fourth-order valence-electron chi connectivity index (χ4n) is 2.75. The Balaban J connectivity index is 1.82. The Bertz CT molecular complexity index is 587. The summed E-state index contributed by atoms with van der Waals surface area (Å²) in [6, 6.07) is 5.08. The molecule has 0 saturated carbocycles. The van der Waals surface area contributed by atoms with E-state index < -0.39 is 0 Å². The molecule has 6 nitrogen and oxygen atoms in total. The molecule has 0 aromatic heterocycles. The first-order chi connectivity index (χ1) is 12.2. The summed E-state index contributed by atoms with van der Waals surface area (Å²) >= 11 is 0. The van der Waals surface area contributed by atoms with Crippen LogP contribution >= 0.6 is 0 Å². The SMILES string of the molecule is COCCOc1cc(NC(=O)NCCC2=CCCCC2)ccc1OC. The molecular weight excluding hydrogens is 320 g/mol. The van der Waals surface area contributed by atoms with E-state index in [1.807, 2.05) is 0 Å². The van der Waals surface area contributed by atoms with Crippen molar-refractivity contribution in [1.82, 2.24) is 5.32 Å². The molecule has 0 unspecified atom stereocenters. The van der Waals surface area contributed by atoms with Gasteiger partial charge in [-0.1, -0.05) is 11.6 Å². The number of carbonyl (C=O) groups is 1. The molecule has 0 spiro atoms. The molecule has 2 rings (SSSR count). The molecule has 0 atom stereocenters. The van der Waals surface area contributed by atoms with Crippen molar-refractivity contribution >= 4 is 11.7 Å². The van der Waals surface area contributed by atoms with Crippen molar-refractivity contribution in [2.75, 3.05) is 39.3 Å². The number of hydrogen-bond donors (Lipinski definition) is 2. The van der Waals surface area contributed by atoms with Crippen LogP contribution in [0.1, 0.15) is 32.1 Å². The molecule has 2 amide bonds. The van der Waals surface area contributed by atoms with Gasteiger partial charge in [0.1, 0.15) is 6.61 Å². The average molecular weight is 348 g/mol. The summed E-state index contributed by atoms with van der Waals surface area (Å²) in [5.74, 6) is 1.19. The van der Waals surface area contributed by atoms with Crippen LogP contribution in [0.25, 0.3) is 0 Å². The summed E-state index contributed by atoms with van der Waals surface area (Å²) < 4.78 is 15.9. The third kappa shape index (κ3) is 6.66. The number of amides is 2. The van der Waals surface area contributed by atoms with Gasteiger partial charge in [0.2, 0.25) is 0 Å². The van der Waals surface area contributed by atoms with E-state index in [1.54, 1.807) is 32.4 Å². The number of benzene rings is 1. The van der Waals surface area contributed by atoms with Gasteiger partial charge in [0, 0.05) is 25.4 Å². The number of allylic oxidation sites excluding steroid dienone is 1. The number of ether oxygens (including phenoxy) is 3. The zero-order valence-electron chi connectivity index (χ0n) is 15.1. The highest BCUT2D eigenvalue weighted by atomic mass is 16.5. The normalized spacial score (nSPS) is 13.8. The van der Waals surface area contributed by atoms with E-state index in [2.05, 4.69) is 16.7 Å². The molecule has 0 radical (unpaired) electrons. The molecule has 1 aliphatic rings. The van der Waals surface area contributed by atoms with Gasteiger partial charge in [-0.25, -0.2) is 4.79 Å². The van der Waals surface area contributed by atoms with Gasteiger partial charge in [0.25, 0.3) is 0 Å². The second kappa shape index (κ2) is 10.6. The zero-order valence-corrected chi connectivity index (χ0v) is 15.1. The molecule has 0 bridgehead atoms. The average Bonchev–Trinajstić information content (AvgIpc) is 2.63. The minimum absolute atomic E-state index is 0.218. The molecule has 1 aromatic carbocycles. The maximum atomic E-state index is 12.0. The molecule has 25 heavy (non-hydrogen) atoms. The van der Waals surface area contributed by atoms with E-state index in [0.29, 0.717) is 36.9 Å². The highest BCUT2D eigenvalue weighted by Gasteiger charge is 2.09. The fraction of sp³-hybridized carbons (Fsp3) is 0.526. The molecule has 2 N–H and O–H groups in total. The number of anilines is 1. The van der Waals surface area contributed by atoms with Gasteiger partial charge in [0.05, 0.1) is 13.7 Å². The molecule has 6 heteroatoms. The lowest BCUT2D eigenvalue weighted by Crippen LogP contribution is -2.29. The van der Waals surface area contributed by atoms with Gasteiger partial charge in [-0.05, 0) is 44.2 Å². The summed E-state index contributed by atoms with van der Waals surface area (Å²) in [5, 5.41) is 5.72. The maximum Gasteiger partial charge on any atom is 0.319 e. The van der Waals surface area contributed by atoms with Gasteiger partial charge in [0.15, 0.2) is 11.5 Å². The lowest BCUT2D eigenvalue weighted by Gasteiger charge is -2.14. The second-order valence-electron chi connectivity index (χ2n) is 5.95. The number of rotatable bonds is 9. The Kier molecular flexibility index (Phi) is 8.12. The van der Waals surface area contributed by atoms with Crippen molar-refractivity contribution in [2.45, 2.75) is 32.1 Å². The zero-order chi connectivity index (χ0) is 17.9. The van der Waals surface area contributed by atoms with Crippen molar-refractivity contribution in [3.05, 3.63) is 29.8 Å². The number of carbonyl (C=O) groups excluding carboxylic acids is 1. The first kappa shape index (κ1) is 19.1. The monoisotopic (exact) mass is 348 g/mol. The molecule has 1 aromatic rings. The quantitative estimate of drug-likeness (QED) is 0.527. The Morgan fingerprint density at radius 2 is 2.04 bits per heavy atom. The number of hydrogen-bond acceptors (Lipinski definition) is 4. The van der Waals surface area contributed by atoms with Crippen molar-refractivity contribution in [2.24, 2.45) is 0 Å². The summed E-state index contributed by atoms with van der Waals surface area (Å²) in [4.78, 5) is 12.0. The van der Waals surface area contributed by atoms with Crippen LogP contribution in [0, 0.1) is 0 Å². The van der Waals surface area contributed by atoms with E-state index in [9.17, 15) is 4.79 Å². The predicted molar refractivity (Wildman–Crippen MR) is 98.6 cm³/mol. The van der Waals surface area contributed by atoms with Crippen LogP contribution in [0.5, 0.6) is 11.5 Å². The molecule has 0 heterocycles. The summed E-state index contributed by atoms with van der Waals surface area (Å²) in [7, 11) is 3.20. The molecule has 138 valence electrons. The van der Waals surface area contributed by atoms with Gasteiger partial charge in [-0.2, -0.15) is 0 Å². The van der Waals surface area contributed by atoms with Crippen LogP contribution in [0.2, 0.25) is 0 Å². The van der Waals surface area contributed by atoms with Gasteiger partial charge in [-0.3, -0.25) is 0 Å². The molecule has 0 aliphatic heterocycles. The van der Waals surface area contributed by atoms with Gasteiger partial charge in [-0.15, -0.1) is 0 Å². The minimum Gasteiger partial charge on any atom is -0.493 e. The van der Waals surface area contributed by atoms with Gasteiger partial charge >= 0.3 is 6.03 Å². The fourth-order valence-corrected chi connectivity index (χ4v) is 2.75. The maximum absolute atomic E-state index is 12.0. The first-order valence-electron chi connectivity index (χ1n) is 8.75. The van der Waals surface area contributed by atoms with Crippen LogP contribution in [0.4, 0.5) is 10.5 Å². The summed E-state index contributed by atoms with van der Waals surface area (Å²) in [5.41, 5.74) is 2.10. The molecule has 0 fully saturated rings. The Hall–Kier alpha value is -2.21. The van der Waals surface area contributed by atoms with Crippen LogP contribution in [-0.2, 0) is 4.74 Å².